The van der Waals surface area contributed by atoms with Crippen LogP contribution in [0.2, 0.25) is 0 Å². The third-order valence-electron chi connectivity index (χ3n) is 5.07. The van der Waals surface area contributed by atoms with Crippen LogP contribution in [-0.4, -0.2) is 63.2 Å². The van der Waals surface area contributed by atoms with Gasteiger partial charge < -0.3 is 19.1 Å². The van der Waals surface area contributed by atoms with Crippen molar-refractivity contribution in [2.45, 2.75) is 6.54 Å². The van der Waals surface area contributed by atoms with E-state index in [-0.39, 0.29) is 5.91 Å². The van der Waals surface area contributed by atoms with Crippen LogP contribution >= 0.6 is 0 Å². The van der Waals surface area contributed by atoms with Gasteiger partial charge in [0.2, 0.25) is 11.7 Å². The van der Waals surface area contributed by atoms with E-state index in [1.54, 1.807) is 39.5 Å². The first-order chi connectivity index (χ1) is 14.2. The highest BCUT2D eigenvalue weighted by Gasteiger charge is 2.20. The van der Waals surface area contributed by atoms with E-state index >= 15 is 0 Å². The second-order valence-electron chi connectivity index (χ2n) is 6.84. The molecule has 0 aromatic heterocycles. The van der Waals surface area contributed by atoms with Crippen LogP contribution in [0.5, 0.6) is 17.2 Å². The van der Waals surface area contributed by atoms with E-state index in [4.69, 9.17) is 14.2 Å². The molecule has 0 aliphatic carbocycles. The largest absolute Gasteiger partial charge is 0.493 e. The molecule has 0 N–H and O–H groups in total. The Bertz CT molecular complexity index is 843. The van der Waals surface area contributed by atoms with Crippen LogP contribution in [0.4, 0.5) is 0 Å². The molecule has 1 aliphatic rings. The van der Waals surface area contributed by atoms with Crippen LogP contribution in [0.15, 0.2) is 48.5 Å². The lowest BCUT2D eigenvalue weighted by atomic mass is 10.1. The number of rotatable bonds is 7. The Kier molecular flexibility index (Phi) is 7.14. The lowest BCUT2D eigenvalue weighted by Gasteiger charge is -2.34. The Morgan fingerprint density at radius 3 is 2.21 bits per heavy atom. The maximum atomic E-state index is 12.6. The predicted octanol–water partition coefficient (Wildman–Crippen LogP) is 3.07. The van der Waals surface area contributed by atoms with Gasteiger partial charge in [0.15, 0.2) is 11.5 Å². The molecular weight excluding hydrogens is 368 g/mol. The molecule has 1 aliphatic heterocycles. The summed E-state index contributed by atoms with van der Waals surface area (Å²) in [6, 6.07) is 14.1. The van der Waals surface area contributed by atoms with Crippen molar-refractivity contribution in [2.75, 3.05) is 47.5 Å². The molecule has 154 valence electrons. The molecule has 2 aromatic rings. The Morgan fingerprint density at radius 2 is 1.59 bits per heavy atom. The fraction of sp³-hybridized carbons (Fsp3) is 0.348. The molecule has 1 fully saturated rings. The van der Waals surface area contributed by atoms with Crippen LogP contribution in [0.1, 0.15) is 11.1 Å². The number of hydrogen-bond acceptors (Lipinski definition) is 5. The maximum absolute atomic E-state index is 12.6. The molecule has 0 atom stereocenters. The van der Waals surface area contributed by atoms with Gasteiger partial charge in [0, 0.05) is 44.4 Å². The third-order valence-corrected chi connectivity index (χ3v) is 5.07. The summed E-state index contributed by atoms with van der Waals surface area (Å²) in [7, 11) is 4.71. The summed E-state index contributed by atoms with van der Waals surface area (Å²) >= 11 is 0. The minimum Gasteiger partial charge on any atom is -0.493 e. The van der Waals surface area contributed by atoms with E-state index in [1.165, 1.54) is 5.56 Å². The lowest BCUT2D eigenvalue weighted by Crippen LogP contribution is -2.47. The third kappa shape index (κ3) is 5.09. The number of carbonyl (C=O) groups is 1. The zero-order valence-corrected chi connectivity index (χ0v) is 17.3. The fourth-order valence-electron chi connectivity index (χ4n) is 3.49. The minimum absolute atomic E-state index is 0.00111. The molecule has 3 rings (SSSR count). The van der Waals surface area contributed by atoms with Crippen molar-refractivity contribution < 1.29 is 19.0 Å². The molecule has 29 heavy (non-hydrogen) atoms. The summed E-state index contributed by atoms with van der Waals surface area (Å²) in [4.78, 5) is 16.9. The van der Waals surface area contributed by atoms with Crippen LogP contribution in [0.25, 0.3) is 6.08 Å². The Labute approximate surface area is 172 Å². The summed E-state index contributed by atoms with van der Waals surface area (Å²) < 4.78 is 16.2. The van der Waals surface area contributed by atoms with Crippen LogP contribution in [0, 0.1) is 0 Å². The van der Waals surface area contributed by atoms with E-state index in [0.29, 0.717) is 17.2 Å². The first-order valence-electron chi connectivity index (χ1n) is 9.68. The van der Waals surface area contributed by atoms with Gasteiger partial charge in [-0.3, -0.25) is 9.69 Å². The minimum atomic E-state index is 0.00111. The summed E-state index contributed by atoms with van der Waals surface area (Å²) in [6.45, 7) is 4.10. The van der Waals surface area contributed by atoms with E-state index in [2.05, 4.69) is 29.2 Å². The van der Waals surface area contributed by atoms with Crippen LogP contribution in [-0.2, 0) is 11.3 Å². The van der Waals surface area contributed by atoms with Crippen molar-refractivity contribution in [3.63, 3.8) is 0 Å². The van der Waals surface area contributed by atoms with Crippen LogP contribution < -0.4 is 14.2 Å². The zero-order valence-electron chi connectivity index (χ0n) is 17.3. The number of piperazine rings is 1. The monoisotopic (exact) mass is 396 g/mol. The summed E-state index contributed by atoms with van der Waals surface area (Å²) in [6.07, 6.45) is 3.36. The fourth-order valence-corrected chi connectivity index (χ4v) is 3.49. The summed E-state index contributed by atoms with van der Waals surface area (Å²) in [5.41, 5.74) is 2.06. The summed E-state index contributed by atoms with van der Waals surface area (Å²) in [5, 5.41) is 0. The van der Waals surface area contributed by atoms with Gasteiger partial charge in [-0.15, -0.1) is 0 Å². The highest BCUT2D eigenvalue weighted by atomic mass is 16.5. The van der Waals surface area contributed by atoms with Gasteiger partial charge in [-0.25, -0.2) is 0 Å². The lowest BCUT2D eigenvalue weighted by molar-refractivity contribution is -0.127. The molecule has 2 aromatic carbocycles. The average molecular weight is 396 g/mol. The van der Waals surface area contributed by atoms with Gasteiger partial charge in [0.25, 0.3) is 0 Å². The number of ether oxygens (including phenoxy) is 3. The van der Waals surface area contributed by atoms with Crippen LogP contribution in [0.3, 0.4) is 0 Å². The molecule has 0 unspecified atom stereocenters. The van der Waals surface area contributed by atoms with Gasteiger partial charge in [-0.05, 0) is 23.8 Å². The van der Waals surface area contributed by atoms with Crippen molar-refractivity contribution in [1.29, 1.82) is 0 Å². The van der Waals surface area contributed by atoms with Crippen molar-refractivity contribution in [2.24, 2.45) is 0 Å². The van der Waals surface area contributed by atoms with E-state index in [1.807, 2.05) is 17.0 Å². The number of hydrogen-bond donors (Lipinski definition) is 0. The maximum Gasteiger partial charge on any atom is 0.246 e. The van der Waals surface area contributed by atoms with Crippen molar-refractivity contribution >= 4 is 12.0 Å². The molecule has 0 radical (unpaired) electrons. The number of nitrogens with zero attached hydrogens (tertiary/aromatic N) is 2. The highest BCUT2D eigenvalue weighted by Crippen LogP contribution is 2.40. The zero-order chi connectivity index (χ0) is 20.6. The highest BCUT2D eigenvalue weighted by molar-refractivity contribution is 5.92. The number of carbonyl (C=O) groups excluding carboxylic acids is 1. The smallest absolute Gasteiger partial charge is 0.246 e. The van der Waals surface area contributed by atoms with E-state index in [0.717, 1.165) is 38.3 Å². The molecule has 6 nitrogen and oxygen atoms in total. The molecular formula is C23H28N2O4. The molecule has 0 saturated carbocycles. The molecule has 0 spiro atoms. The Hall–Kier alpha value is -2.99. The first kappa shape index (κ1) is 20.7. The van der Waals surface area contributed by atoms with Crippen molar-refractivity contribution in [3.05, 3.63) is 59.7 Å². The van der Waals surface area contributed by atoms with Gasteiger partial charge >= 0.3 is 0 Å². The summed E-state index contributed by atoms with van der Waals surface area (Å²) in [5.74, 6) is 1.64. The van der Waals surface area contributed by atoms with Crippen molar-refractivity contribution in [1.82, 2.24) is 9.80 Å². The first-order valence-corrected chi connectivity index (χ1v) is 9.68. The van der Waals surface area contributed by atoms with Gasteiger partial charge in [0.05, 0.1) is 21.3 Å². The predicted molar refractivity (Wildman–Crippen MR) is 113 cm³/mol. The van der Waals surface area contributed by atoms with Crippen molar-refractivity contribution in [3.8, 4) is 17.2 Å². The topological polar surface area (TPSA) is 51.2 Å². The Balaban J connectivity index is 1.60. The quantitative estimate of drug-likeness (QED) is 0.674. The van der Waals surface area contributed by atoms with Gasteiger partial charge in [-0.2, -0.15) is 0 Å². The normalized spacial score (nSPS) is 14.8. The second-order valence-corrected chi connectivity index (χ2v) is 6.84. The standard InChI is InChI=1S/C23H28N2O4/c1-27-20-11-9-19(22(28-2)23(20)29-3)10-12-21(26)25-15-13-24(14-16-25)17-18-7-5-4-6-8-18/h4-12H,13-17H2,1-3H3/b12-10+. The number of amides is 1. The molecule has 0 bridgehead atoms. The van der Waals surface area contributed by atoms with E-state index < -0.39 is 0 Å². The second kappa shape index (κ2) is 9.98. The van der Waals surface area contributed by atoms with Gasteiger partial charge in [-0.1, -0.05) is 30.3 Å². The SMILES string of the molecule is COc1ccc(/C=C/C(=O)N2CCN(Cc3ccccc3)CC2)c(OC)c1OC. The van der Waals surface area contributed by atoms with E-state index in [9.17, 15) is 4.79 Å². The Morgan fingerprint density at radius 1 is 0.897 bits per heavy atom. The number of methoxy groups -OCH3 is 3. The molecule has 6 heteroatoms. The molecule has 1 heterocycles. The number of benzene rings is 2. The van der Waals surface area contributed by atoms with Gasteiger partial charge in [0.1, 0.15) is 0 Å². The average Bonchev–Trinajstić information content (AvgIpc) is 2.77. The molecule has 1 saturated heterocycles. The molecule has 1 amide bonds.